The van der Waals surface area contributed by atoms with Gasteiger partial charge in [-0.2, -0.15) is 0 Å². The Morgan fingerprint density at radius 3 is 2.68 bits per heavy atom. The molecule has 0 aliphatic heterocycles. The van der Waals surface area contributed by atoms with Crippen LogP contribution in [-0.2, 0) is 13.0 Å². The molecule has 4 rings (SSSR count). The maximum Gasteiger partial charge on any atom is 0.328 e. The molecule has 0 aliphatic rings. The zero-order valence-corrected chi connectivity index (χ0v) is 13.7. The average Bonchev–Trinajstić information content (AvgIpc) is 3.22. The predicted molar refractivity (Wildman–Crippen MR) is 95.1 cm³/mol. The number of nitrogens with zero attached hydrogens (tertiary/aromatic N) is 4. The standard InChI is InChI=1S/C17H17N7O/c1-2-11-8-19-14(20-11)15-22-13(18)12-16(23-15)24(17(25)21-12)9-10-6-4-3-5-7-10/h3-8H,2,9H2,1H3,(H,19,20)(H,21,25)(H2,18,22,23). The molecule has 0 bridgehead atoms. The van der Waals surface area contributed by atoms with Gasteiger partial charge < -0.3 is 15.7 Å². The van der Waals surface area contributed by atoms with Crippen molar-refractivity contribution in [2.75, 3.05) is 5.73 Å². The minimum Gasteiger partial charge on any atom is -0.382 e. The maximum atomic E-state index is 12.4. The van der Waals surface area contributed by atoms with E-state index in [-0.39, 0.29) is 11.5 Å². The van der Waals surface area contributed by atoms with E-state index in [1.807, 2.05) is 43.5 Å². The van der Waals surface area contributed by atoms with E-state index >= 15 is 0 Å². The maximum absolute atomic E-state index is 12.4. The first-order valence-corrected chi connectivity index (χ1v) is 8.00. The summed E-state index contributed by atoms with van der Waals surface area (Å²) in [5.41, 5.74) is 8.57. The number of nitrogens with two attached hydrogens (primary N) is 1. The molecule has 3 aromatic heterocycles. The number of nitrogen functional groups attached to an aromatic ring is 1. The monoisotopic (exact) mass is 335 g/mol. The lowest BCUT2D eigenvalue weighted by Crippen LogP contribution is -2.17. The lowest BCUT2D eigenvalue weighted by Gasteiger charge is -2.04. The summed E-state index contributed by atoms with van der Waals surface area (Å²) in [6, 6.07) is 9.70. The summed E-state index contributed by atoms with van der Waals surface area (Å²) in [6.07, 6.45) is 2.62. The van der Waals surface area contributed by atoms with E-state index in [2.05, 4.69) is 24.9 Å². The Bertz CT molecular complexity index is 1090. The third kappa shape index (κ3) is 2.67. The molecule has 0 saturated carbocycles. The largest absolute Gasteiger partial charge is 0.382 e. The van der Waals surface area contributed by atoms with E-state index in [0.717, 1.165) is 17.7 Å². The lowest BCUT2D eigenvalue weighted by atomic mass is 10.2. The number of hydrogen-bond donors (Lipinski definition) is 3. The molecule has 0 fully saturated rings. The molecule has 0 saturated heterocycles. The van der Waals surface area contributed by atoms with Crippen molar-refractivity contribution in [3.8, 4) is 11.6 Å². The van der Waals surface area contributed by atoms with Gasteiger partial charge in [-0.1, -0.05) is 37.3 Å². The van der Waals surface area contributed by atoms with Crippen LogP contribution in [0.1, 0.15) is 18.2 Å². The van der Waals surface area contributed by atoms with Crippen molar-refractivity contribution >= 4 is 17.0 Å². The summed E-state index contributed by atoms with van der Waals surface area (Å²) in [7, 11) is 0. The van der Waals surface area contributed by atoms with Gasteiger partial charge in [-0.05, 0) is 12.0 Å². The first-order valence-electron chi connectivity index (χ1n) is 8.00. The smallest absolute Gasteiger partial charge is 0.328 e. The van der Waals surface area contributed by atoms with Crippen LogP contribution in [0, 0.1) is 0 Å². The summed E-state index contributed by atoms with van der Waals surface area (Å²) >= 11 is 0. The molecular weight excluding hydrogens is 318 g/mol. The zero-order valence-electron chi connectivity index (χ0n) is 13.7. The van der Waals surface area contributed by atoms with Gasteiger partial charge in [-0.3, -0.25) is 4.57 Å². The molecule has 4 N–H and O–H groups in total. The molecule has 1 aromatic carbocycles. The van der Waals surface area contributed by atoms with E-state index in [0.29, 0.717) is 29.4 Å². The second-order valence-electron chi connectivity index (χ2n) is 5.73. The van der Waals surface area contributed by atoms with Gasteiger partial charge in [0.15, 0.2) is 23.1 Å². The number of benzene rings is 1. The molecule has 25 heavy (non-hydrogen) atoms. The number of aromatic amines is 2. The van der Waals surface area contributed by atoms with Crippen LogP contribution in [0.3, 0.4) is 0 Å². The molecule has 8 heteroatoms. The molecule has 0 unspecified atom stereocenters. The number of hydrogen-bond acceptors (Lipinski definition) is 5. The Labute approximate surface area is 142 Å². The molecule has 0 aliphatic carbocycles. The number of rotatable bonds is 4. The number of imidazole rings is 2. The SMILES string of the molecule is CCc1c[nH]c(-c2nc(N)c3[nH]c(=O)n(Cc4ccccc4)c3n2)n1. The molecule has 4 aromatic rings. The van der Waals surface area contributed by atoms with E-state index in [1.165, 1.54) is 0 Å². The molecule has 0 radical (unpaired) electrons. The Balaban J connectivity index is 1.86. The van der Waals surface area contributed by atoms with Gasteiger partial charge >= 0.3 is 5.69 Å². The highest BCUT2D eigenvalue weighted by Crippen LogP contribution is 2.20. The predicted octanol–water partition coefficient (Wildman–Crippen LogP) is 1.70. The van der Waals surface area contributed by atoms with Crippen molar-refractivity contribution in [1.29, 1.82) is 0 Å². The third-order valence-corrected chi connectivity index (χ3v) is 4.04. The highest BCUT2D eigenvalue weighted by atomic mass is 16.1. The first kappa shape index (κ1) is 15.1. The number of nitrogens with one attached hydrogen (secondary N) is 2. The quantitative estimate of drug-likeness (QED) is 0.524. The molecule has 8 nitrogen and oxygen atoms in total. The summed E-state index contributed by atoms with van der Waals surface area (Å²) in [4.78, 5) is 31.4. The fourth-order valence-corrected chi connectivity index (χ4v) is 2.73. The Hall–Kier alpha value is -3.42. The second kappa shape index (κ2) is 5.90. The van der Waals surface area contributed by atoms with Gasteiger partial charge in [0.25, 0.3) is 0 Å². The zero-order chi connectivity index (χ0) is 17.4. The van der Waals surface area contributed by atoms with Gasteiger partial charge in [0, 0.05) is 6.20 Å². The molecule has 0 spiro atoms. The van der Waals surface area contributed by atoms with Gasteiger partial charge in [0.05, 0.1) is 12.2 Å². The Morgan fingerprint density at radius 2 is 1.96 bits per heavy atom. The van der Waals surface area contributed by atoms with Crippen molar-refractivity contribution in [1.82, 2.24) is 29.5 Å². The van der Waals surface area contributed by atoms with Crippen LogP contribution in [0.15, 0.2) is 41.3 Å². The molecule has 126 valence electrons. The minimum atomic E-state index is -0.273. The van der Waals surface area contributed by atoms with Gasteiger partial charge in [0.2, 0.25) is 0 Å². The van der Waals surface area contributed by atoms with E-state index < -0.39 is 0 Å². The summed E-state index contributed by atoms with van der Waals surface area (Å²) in [5.74, 6) is 1.12. The topological polar surface area (TPSA) is 118 Å². The van der Waals surface area contributed by atoms with Crippen molar-refractivity contribution in [3.05, 3.63) is 58.3 Å². The fourth-order valence-electron chi connectivity index (χ4n) is 2.73. The average molecular weight is 335 g/mol. The minimum absolute atomic E-state index is 0.221. The highest BCUT2D eigenvalue weighted by Gasteiger charge is 2.16. The van der Waals surface area contributed by atoms with E-state index in [9.17, 15) is 4.79 Å². The van der Waals surface area contributed by atoms with Crippen LogP contribution in [0.25, 0.3) is 22.8 Å². The van der Waals surface area contributed by atoms with Crippen LogP contribution in [0.5, 0.6) is 0 Å². The summed E-state index contributed by atoms with van der Waals surface area (Å²) in [5, 5.41) is 0. The van der Waals surface area contributed by atoms with Crippen LogP contribution >= 0.6 is 0 Å². The van der Waals surface area contributed by atoms with Crippen LogP contribution in [-0.4, -0.2) is 29.5 Å². The van der Waals surface area contributed by atoms with Gasteiger partial charge in [-0.25, -0.2) is 19.7 Å². The van der Waals surface area contributed by atoms with Crippen molar-refractivity contribution in [2.24, 2.45) is 0 Å². The van der Waals surface area contributed by atoms with Gasteiger partial charge in [-0.15, -0.1) is 0 Å². The second-order valence-corrected chi connectivity index (χ2v) is 5.73. The van der Waals surface area contributed by atoms with Crippen LogP contribution in [0.4, 0.5) is 5.82 Å². The van der Waals surface area contributed by atoms with Crippen LogP contribution in [0.2, 0.25) is 0 Å². The van der Waals surface area contributed by atoms with Crippen molar-refractivity contribution in [3.63, 3.8) is 0 Å². The lowest BCUT2D eigenvalue weighted by molar-refractivity contribution is 0.777. The molecular formula is C17H17N7O. The Kier molecular flexibility index (Phi) is 3.57. The number of fused-ring (bicyclic) bond motifs is 1. The normalized spacial score (nSPS) is 11.2. The molecule has 0 atom stereocenters. The third-order valence-electron chi connectivity index (χ3n) is 4.04. The number of H-pyrrole nitrogens is 2. The Morgan fingerprint density at radius 1 is 1.16 bits per heavy atom. The first-order chi connectivity index (χ1) is 12.2. The molecule has 0 amide bonds. The van der Waals surface area contributed by atoms with E-state index in [1.54, 1.807) is 4.57 Å². The summed E-state index contributed by atoms with van der Waals surface area (Å²) < 4.78 is 1.55. The van der Waals surface area contributed by atoms with Crippen molar-refractivity contribution < 1.29 is 0 Å². The fraction of sp³-hybridized carbons (Fsp3) is 0.176. The summed E-state index contributed by atoms with van der Waals surface area (Å²) in [6.45, 7) is 2.41. The number of aromatic nitrogens is 6. The van der Waals surface area contributed by atoms with Crippen LogP contribution < -0.4 is 11.4 Å². The van der Waals surface area contributed by atoms with Gasteiger partial charge in [0.1, 0.15) is 5.52 Å². The molecule has 3 heterocycles. The highest BCUT2D eigenvalue weighted by molar-refractivity contribution is 5.83. The van der Waals surface area contributed by atoms with E-state index in [4.69, 9.17) is 5.73 Å². The number of aryl methyl sites for hydroxylation is 1. The van der Waals surface area contributed by atoms with Crippen molar-refractivity contribution in [2.45, 2.75) is 19.9 Å². The number of anilines is 1.